The molecule has 6 unspecified atom stereocenters. The number of nitrogens with zero attached hydrogens (tertiary/aromatic N) is 5. The van der Waals surface area contributed by atoms with Crippen LogP contribution in [0.4, 0.5) is 23.7 Å². The van der Waals surface area contributed by atoms with Gasteiger partial charge in [-0.2, -0.15) is 0 Å². The van der Waals surface area contributed by atoms with Crippen molar-refractivity contribution in [2.45, 2.75) is 115 Å². The molecule has 4 aliphatic rings. The van der Waals surface area contributed by atoms with Gasteiger partial charge in [0.25, 0.3) is 17.7 Å². The van der Waals surface area contributed by atoms with Crippen molar-refractivity contribution in [1.29, 1.82) is 0 Å². The number of aromatic nitrogens is 2. The highest BCUT2D eigenvalue weighted by atomic mass is 19.1. The van der Waals surface area contributed by atoms with E-state index >= 15 is 8.78 Å². The molecule has 5 N–H and O–H groups in total. The van der Waals surface area contributed by atoms with E-state index in [2.05, 4.69) is 10.6 Å². The fourth-order valence-electron chi connectivity index (χ4n) is 10.4. The van der Waals surface area contributed by atoms with E-state index in [1.807, 2.05) is 30.3 Å². The molecule has 3 fully saturated rings. The highest BCUT2D eigenvalue weighted by molar-refractivity contribution is 6.12. The summed E-state index contributed by atoms with van der Waals surface area (Å²) >= 11 is 0. The average molecular weight is 1130 g/mol. The lowest BCUT2D eigenvalue weighted by Gasteiger charge is -2.40. The molecular formula is C57H66F3N7O14. The van der Waals surface area contributed by atoms with E-state index in [9.17, 15) is 53.3 Å². The predicted octanol–water partition coefficient (Wildman–Crippen LogP) is 5.42. The molecule has 5 heterocycles. The SMILES string of the molecule is C[C@H](O)C(=O)N(CC1CN(C(=O)OCc2ccc(OC3CC(O)CC(C(=O)O)O3)c(NC(=O)CCNC(=O)CCCCCN3C(=O)C=CC3=O)c2)CC1F)C(c1nc(-c2cc(F)ccc2F)cn1Cc1ccccc1)C1CCOCC1. The number of carbonyl (C=O) groups excluding carboxylic acids is 6. The van der Waals surface area contributed by atoms with Crippen LogP contribution in [-0.4, -0.2) is 158 Å². The molecule has 3 saturated heterocycles. The van der Waals surface area contributed by atoms with Crippen molar-refractivity contribution < 1.29 is 81.0 Å². The largest absolute Gasteiger partial charge is 0.479 e. The number of imide groups is 1. The van der Waals surface area contributed by atoms with Gasteiger partial charge in [-0.15, -0.1) is 0 Å². The zero-order chi connectivity index (χ0) is 57.7. The first-order valence-corrected chi connectivity index (χ1v) is 27.0. The van der Waals surface area contributed by atoms with Gasteiger partial charge in [-0.3, -0.25) is 28.9 Å². The molecular weight excluding hydrogens is 1060 g/mol. The number of anilines is 1. The highest BCUT2D eigenvalue weighted by Crippen LogP contribution is 2.39. The van der Waals surface area contributed by atoms with Gasteiger partial charge in [-0.1, -0.05) is 42.8 Å². The minimum absolute atomic E-state index is 0.0108. The monoisotopic (exact) mass is 1130 g/mol. The van der Waals surface area contributed by atoms with Crippen LogP contribution < -0.4 is 15.4 Å². The van der Waals surface area contributed by atoms with Crippen LogP contribution >= 0.6 is 0 Å². The third-order valence-electron chi connectivity index (χ3n) is 14.6. The summed E-state index contributed by atoms with van der Waals surface area (Å²) in [6, 6.07) is 15.7. The van der Waals surface area contributed by atoms with Gasteiger partial charge in [0.2, 0.25) is 18.1 Å². The molecule has 0 saturated carbocycles. The maximum absolute atomic E-state index is 16.4. The lowest BCUT2D eigenvalue weighted by atomic mass is 9.88. The molecule has 6 amide bonds. The number of amides is 6. The van der Waals surface area contributed by atoms with Crippen molar-refractivity contribution in [1.82, 2.24) is 29.6 Å². The predicted molar refractivity (Wildman–Crippen MR) is 282 cm³/mol. The number of halogens is 3. The number of carboxylic acids is 1. The molecule has 1 aromatic heterocycles. The summed E-state index contributed by atoms with van der Waals surface area (Å²) in [5.41, 5.74) is 1.18. The van der Waals surface area contributed by atoms with E-state index in [0.717, 1.165) is 33.6 Å². The van der Waals surface area contributed by atoms with Gasteiger partial charge in [0.15, 0.2) is 6.10 Å². The lowest BCUT2D eigenvalue weighted by Crippen LogP contribution is -2.48. The summed E-state index contributed by atoms with van der Waals surface area (Å²) in [5.74, 6) is -6.15. The second kappa shape index (κ2) is 27.7. The number of alkyl halides is 1. The van der Waals surface area contributed by atoms with Crippen LogP contribution in [0.5, 0.6) is 5.75 Å². The molecule has 21 nitrogen and oxygen atoms in total. The molecule has 0 aliphatic carbocycles. The number of ether oxygens (including phenoxy) is 4. The normalized spacial score (nSPS) is 20.9. The average Bonchev–Trinajstić information content (AvgIpc) is 4.35. The quantitative estimate of drug-likeness (QED) is 0.0433. The molecule has 81 heavy (non-hydrogen) atoms. The van der Waals surface area contributed by atoms with Gasteiger partial charge in [0.05, 0.1) is 30.1 Å². The van der Waals surface area contributed by atoms with Crippen molar-refractivity contribution >= 4 is 47.3 Å². The summed E-state index contributed by atoms with van der Waals surface area (Å²) in [5, 5.41) is 36.3. The van der Waals surface area contributed by atoms with Gasteiger partial charge in [-0.25, -0.2) is 27.7 Å². The van der Waals surface area contributed by atoms with E-state index in [4.69, 9.17) is 23.9 Å². The Kier molecular flexibility index (Phi) is 20.3. The second-order valence-corrected chi connectivity index (χ2v) is 20.6. The number of rotatable bonds is 24. The van der Waals surface area contributed by atoms with Gasteiger partial charge in [0.1, 0.15) is 42.1 Å². The Hall–Kier alpha value is -7.67. The van der Waals surface area contributed by atoms with Crippen LogP contribution in [-0.2, 0) is 56.1 Å². The number of aliphatic hydroxyl groups is 2. The van der Waals surface area contributed by atoms with Gasteiger partial charge in [0, 0.05) is 101 Å². The summed E-state index contributed by atoms with van der Waals surface area (Å²) in [7, 11) is 0. The van der Waals surface area contributed by atoms with Crippen molar-refractivity contribution in [3.63, 3.8) is 0 Å². The van der Waals surface area contributed by atoms with Gasteiger partial charge < -0.3 is 59.3 Å². The molecule has 8 rings (SSSR count). The summed E-state index contributed by atoms with van der Waals surface area (Å²) in [4.78, 5) is 97.8. The zero-order valence-electron chi connectivity index (χ0n) is 44.6. The zero-order valence-corrected chi connectivity index (χ0v) is 44.6. The standard InChI is InChI=1S/C57H66F3N7O14/c1-34(68)55(74)67(53(37-18-22-78-23-19-37)54-63-45(41-25-39(58)12-13-42(41)59)32-64(54)28-35-8-4-2-5-9-35)30-38-29-65(31-43(38)60)57(77)79-33-36-11-14-46(80-52-27-40(69)26-47(81-52)56(75)76)44(24-36)62-49(71)17-20-61-48(70)10-6-3-7-21-66-50(72)15-16-51(66)73/h2,4-5,8-9,11-16,24-25,32,34,37-38,40,43,47,52-53,68-69H,3,6-7,10,17-23,26-31,33H2,1H3,(H,61,70)(H,62,71)(H,75,76)/t34-,38?,40?,43?,47?,52?,53?/m0/s1. The minimum atomic E-state index is -1.67. The minimum Gasteiger partial charge on any atom is -0.479 e. The number of aliphatic carboxylic acids is 1. The maximum Gasteiger partial charge on any atom is 0.410 e. The number of hydrogen-bond acceptors (Lipinski definition) is 14. The molecule has 4 aliphatic heterocycles. The number of likely N-dealkylation sites (tertiary alicyclic amines) is 1. The van der Waals surface area contributed by atoms with Crippen LogP contribution in [0, 0.1) is 23.5 Å². The maximum atomic E-state index is 16.4. The van der Waals surface area contributed by atoms with Crippen LogP contribution in [0.3, 0.4) is 0 Å². The Balaban J connectivity index is 0.943. The van der Waals surface area contributed by atoms with Crippen molar-refractivity contribution in [2.24, 2.45) is 11.8 Å². The van der Waals surface area contributed by atoms with Crippen molar-refractivity contribution in [2.75, 3.05) is 51.3 Å². The third-order valence-corrected chi connectivity index (χ3v) is 14.6. The number of benzene rings is 3. The summed E-state index contributed by atoms with van der Waals surface area (Å²) in [6.45, 7) is 1.04. The number of carbonyl (C=O) groups is 7. The van der Waals surface area contributed by atoms with E-state index in [1.54, 1.807) is 10.8 Å². The lowest BCUT2D eigenvalue weighted by molar-refractivity contribution is -0.195. The van der Waals surface area contributed by atoms with Crippen LogP contribution in [0.1, 0.15) is 87.7 Å². The van der Waals surface area contributed by atoms with Crippen molar-refractivity contribution in [3.05, 3.63) is 114 Å². The first-order chi connectivity index (χ1) is 38.9. The Morgan fingerprint density at radius 1 is 0.901 bits per heavy atom. The molecule has 7 atom stereocenters. The summed E-state index contributed by atoms with van der Waals surface area (Å²) in [6.07, 6.45) is -1.72. The Morgan fingerprint density at radius 2 is 1.65 bits per heavy atom. The number of aliphatic hydroxyl groups excluding tert-OH is 2. The molecule has 0 bridgehead atoms. The fraction of sp³-hybridized carbons (Fsp3) is 0.474. The summed E-state index contributed by atoms with van der Waals surface area (Å²) < 4.78 is 71.1. The van der Waals surface area contributed by atoms with Crippen LogP contribution in [0.25, 0.3) is 11.3 Å². The Bertz CT molecular complexity index is 2920. The second-order valence-electron chi connectivity index (χ2n) is 20.6. The Labute approximate surface area is 465 Å². The van der Waals surface area contributed by atoms with E-state index < -0.39 is 91.4 Å². The Morgan fingerprint density at radius 3 is 2.38 bits per heavy atom. The van der Waals surface area contributed by atoms with Gasteiger partial charge >= 0.3 is 12.1 Å². The number of hydrogen-bond donors (Lipinski definition) is 5. The third kappa shape index (κ3) is 15.8. The van der Waals surface area contributed by atoms with E-state index in [-0.39, 0.29) is 105 Å². The first kappa shape index (κ1) is 59.5. The number of unbranched alkanes of at least 4 members (excludes halogenated alkanes) is 2. The molecule has 0 radical (unpaired) electrons. The fourth-order valence-corrected chi connectivity index (χ4v) is 10.4. The number of nitrogens with one attached hydrogen (secondary N) is 2. The smallest absolute Gasteiger partial charge is 0.410 e. The molecule has 24 heteroatoms. The first-order valence-electron chi connectivity index (χ1n) is 27.0. The number of imidazole rings is 1. The molecule has 3 aromatic carbocycles. The molecule has 0 spiro atoms. The van der Waals surface area contributed by atoms with Crippen LogP contribution in [0.2, 0.25) is 0 Å². The van der Waals surface area contributed by atoms with Gasteiger partial charge in [-0.05, 0) is 80.0 Å². The van der Waals surface area contributed by atoms with Crippen molar-refractivity contribution in [3.8, 4) is 17.0 Å². The number of carboxylic acid groups (broad SMARTS) is 1. The molecule has 434 valence electrons. The highest BCUT2D eigenvalue weighted by Gasteiger charge is 2.44. The topological polar surface area (TPSA) is 269 Å². The molecule has 4 aromatic rings. The van der Waals surface area contributed by atoms with E-state index in [1.165, 1.54) is 42.2 Å². The van der Waals surface area contributed by atoms with E-state index in [0.29, 0.717) is 56.7 Å². The van der Waals surface area contributed by atoms with Crippen LogP contribution in [0.15, 0.2) is 85.1 Å².